The average molecular weight is 312 g/mol. The second-order valence-electron chi connectivity index (χ2n) is 3.63. The van der Waals surface area contributed by atoms with Crippen molar-refractivity contribution < 1.29 is 4.74 Å². The van der Waals surface area contributed by atoms with Gasteiger partial charge in [-0.1, -0.05) is 12.1 Å². The van der Waals surface area contributed by atoms with Gasteiger partial charge in [0.25, 0.3) is 0 Å². The first-order valence-corrected chi connectivity index (χ1v) is 6.97. The third-order valence-corrected chi connectivity index (χ3v) is 4.56. The molecule has 1 heterocycles. The van der Waals surface area contributed by atoms with E-state index in [1.807, 2.05) is 19.2 Å². The highest BCUT2D eigenvalue weighted by Crippen LogP contribution is 2.33. The number of ether oxygens (including phenoxy) is 1. The van der Waals surface area contributed by atoms with Crippen molar-refractivity contribution in [1.82, 2.24) is 5.32 Å². The number of hydrogen-bond acceptors (Lipinski definition) is 3. The molecule has 1 atom stereocenters. The Morgan fingerprint density at radius 2 is 2.18 bits per heavy atom. The quantitative estimate of drug-likeness (QED) is 0.926. The Labute approximate surface area is 114 Å². The van der Waals surface area contributed by atoms with Crippen LogP contribution in [-0.4, -0.2) is 14.2 Å². The van der Waals surface area contributed by atoms with Crippen LogP contribution >= 0.6 is 27.3 Å². The highest BCUT2D eigenvalue weighted by molar-refractivity contribution is 9.10. The van der Waals surface area contributed by atoms with Crippen molar-refractivity contribution in [3.8, 4) is 5.75 Å². The summed E-state index contributed by atoms with van der Waals surface area (Å²) in [6.45, 7) is 0. The summed E-state index contributed by atoms with van der Waals surface area (Å²) in [6.07, 6.45) is 0. The number of rotatable bonds is 4. The van der Waals surface area contributed by atoms with E-state index in [9.17, 15) is 0 Å². The highest BCUT2D eigenvalue weighted by Gasteiger charge is 2.16. The first-order valence-electron chi connectivity index (χ1n) is 5.30. The number of methoxy groups -OCH3 is 1. The molecule has 0 amide bonds. The minimum Gasteiger partial charge on any atom is -0.497 e. The van der Waals surface area contributed by atoms with Crippen LogP contribution in [0.4, 0.5) is 0 Å². The fraction of sp³-hybridized carbons (Fsp3) is 0.231. The molecule has 0 radical (unpaired) electrons. The maximum Gasteiger partial charge on any atom is 0.119 e. The van der Waals surface area contributed by atoms with Crippen LogP contribution < -0.4 is 10.1 Å². The standard InChI is InChI=1S/C13H14BrNOS/c1-15-12(13-11(14)6-7-17-13)9-4-3-5-10(8-9)16-2/h3-8,12,15H,1-2H3. The normalized spacial score (nSPS) is 12.4. The molecule has 0 aliphatic heterocycles. The fourth-order valence-corrected chi connectivity index (χ4v) is 3.52. The second kappa shape index (κ2) is 5.67. The summed E-state index contributed by atoms with van der Waals surface area (Å²) < 4.78 is 6.40. The molecule has 0 aliphatic carbocycles. The summed E-state index contributed by atoms with van der Waals surface area (Å²) in [7, 11) is 3.66. The Morgan fingerprint density at radius 3 is 2.76 bits per heavy atom. The summed E-state index contributed by atoms with van der Waals surface area (Å²) >= 11 is 5.32. The van der Waals surface area contributed by atoms with Gasteiger partial charge in [0.1, 0.15) is 5.75 Å². The van der Waals surface area contributed by atoms with Gasteiger partial charge >= 0.3 is 0 Å². The largest absolute Gasteiger partial charge is 0.497 e. The van der Waals surface area contributed by atoms with Crippen LogP contribution in [0.25, 0.3) is 0 Å². The molecule has 2 nitrogen and oxygen atoms in total. The number of halogens is 1. The molecule has 1 unspecified atom stereocenters. The van der Waals surface area contributed by atoms with Crippen LogP contribution in [0.3, 0.4) is 0 Å². The molecule has 2 rings (SSSR count). The highest BCUT2D eigenvalue weighted by atomic mass is 79.9. The van der Waals surface area contributed by atoms with E-state index >= 15 is 0 Å². The van der Waals surface area contributed by atoms with Crippen LogP contribution in [-0.2, 0) is 0 Å². The average Bonchev–Trinajstić information content (AvgIpc) is 2.77. The molecule has 1 aromatic carbocycles. The number of nitrogens with one attached hydrogen (secondary N) is 1. The smallest absolute Gasteiger partial charge is 0.119 e. The molecule has 0 aliphatic rings. The lowest BCUT2D eigenvalue weighted by atomic mass is 10.1. The van der Waals surface area contributed by atoms with Gasteiger partial charge in [-0.3, -0.25) is 0 Å². The minimum atomic E-state index is 0.194. The SMILES string of the molecule is CNC(c1cccc(OC)c1)c1sccc1Br. The van der Waals surface area contributed by atoms with Crippen molar-refractivity contribution >= 4 is 27.3 Å². The maximum absolute atomic E-state index is 5.26. The summed E-state index contributed by atoms with van der Waals surface area (Å²) in [5, 5.41) is 5.42. The van der Waals surface area contributed by atoms with Gasteiger partial charge in [0.2, 0.25) is 0 Å². The zero-order valence-corrected chi connectivity index (χ0v) is 12.1. The van der Waals surface area contributed by atoms with E-state index in [-0.39, 0.29) is 6.04 Å². The van der Waals surface area contributed by atoms with Gasteiger partial charge in [-0.15, -0.1) is 11.3 Å². The Balaban J connectivity index is 2.38. The molecular formula is C13H14BrNOS. The van der Waals surface area contributed by atoms with Gasteiger partial charge in [-0.25, -0.2) is 0 Å². The van der Waals surface area contributed by atoms with E-state index in [1.54, 1.807) is 18.4 Å². The predicted molar refractivity (Wildman–Crippen MR) is 75.9 cm³/mol. The minimum absolute atomic E-state index is 0.194. The lowest BCUT2D eigenvalue weighted by Crippen LogP contribution is -2.16. The van der Waals surface area contributed by atoms with Gasteiger partial charge in [-0.05, 0) is 52.1 Å². The summed E-state index contributed by atoms with van der Waals surface area (Å²) in [5.41, 5.74) is 1.20. The Kier molecular flexibility index (Phi) is 4.20. The predicted octanol–water partition coefficient (Wildman–Crippen LogP) is 3.83. The molecule has 0 saturated carbocycles. The zero-order valence-electron chi connectivity index (χ0n) is 9.74. The first kappa shape index (κ1) is 12.6. The third kappa shape index (κ3) is 2.70. The molecule has 90 valence electrons. The lowest BCUT2D eigenvalue weighted by molar-refractivity contribution is 0.414. The van der Waals surface area contributed by atoms with Gasteiger partial charge < -0.3 is 10.1 Å². The Hall–Kier alpha value is -0.840. The Morgan fingerprint density at radius 1 is 1.35 bits per heavy atom. The molecule has 1 N–H and O–H groups in total. The van der Waals surface area contributed by atoms with Crippen LogP contribution in [0.2, 0.25) is 0 Å². The summed E-state index contributed by atoms with van der Waals surface area (Å²) in [6, 6.07) is 10.4. The third-order valence-electron chi connectivity index (χ3n) is 2.62. The van der Waals surface area contributed by atoms with Crippen molar-refractivity contribution in [1.29, 1.82) is 0 Å². The number of thiophene rings is 1. The van der Waals surface area contributed by atoms with Gasteiger partial charge in [-0.2, -0.15) is 0 Å². The van der Waals surface area contributed by atoms with Crippen molar-refractivity contribution in [2.75, 3.05) is 14.2 Å². The van der Waals surface area contributed by atoms with Crippen LogP contribution in [0.15, 0.2) is 40.2 Å². The van der Waals surface area contributed by atoms with Crippen LogP contribution in [0.1, 0.15) is 16.5 Å². The van der Waals surface area contributed by atoms with E-state index in [0.717, 1.165) is 10.2 Å². The molecule has 0 spiro atoms. The molecule has 1 aromatic heterocycles. The number of benzene rings is 1. The first-order chi connectivity index (χ1) is 8.26. The summed E-state index contributed by atoms with van der Waals surface area (Å²) in [5.74, 6) is 0.885. The molecule has 0 fully saturated rings. The summed E-state index contributed by atoms with van der Waals surface area (Å²) in [4.78, 5) is 1.28. The van der Waals surface area contributed by atoms with E-state index in [0.29, 0.717) is 0 Å². The van der Waals surface area contributed by atoms with E-state index < -0.39 is 0 Å². The molecule has 0 saturated heterocycles. The lowest BCUT2D eigenvalue weighted by Gasteiger charge is -2.16. The number of hydrogen-bond donors (Lipinski definition) is 1. The molecular weight excluding hydrogens is 298 g/mol. The van der Waals surface area contributed by atoms with Crippen molar-refractivity contribution in [3.63, 3.8) is 0 Å². The Bertz CT molecular complexity index is 498. The topological polar surface area (TPSA) is 21.3 Å². The van der Waals surface area contributed by atoms with E-state index in [1.165, 1.54) is 10.4 Å². The zero-order chi connectivity index (χ0) is 12.3. The van der Waals surface area contributed by atoms with Crippen molar-refractivity contribution in [2.24, 2.45) is 0 Å². The molecule has 2 aromatic rings. The van der Waals surface area contributed by atoms with Crippen molar-refractivity contribution in [3.05, 3.63) is 50.6 Å². The van der Waals surface area contributed by atoms with Gasteiger partial charge in [0.15, 0.2) is 0 Å². The van der Waals surface area contributed by atoms with Crippen LogP contribution in [0, 0.1) is 0 Å². The van der Waals surface area contributed by atoms with Gasteiger partial charge in [0, 0.05) is 9.35 Å². The maximum atomic E-state index is 5.26. The molecule has 0 bridgehead atoms. The fourth-order valence-electron chi connectivity index (χ4n) is 1.78. The van der Waals surface area contributed by atoms with E-state index in [2.05, 4.69) is 44.8 Å². The van der Waals surface area contributed by atoms with Crippen LogP contribution in [0.5, 0.6) is 5.75 Å². The monoisotopic (exact) mass is 311 g/mol. The van der Waals surface area contributed by atoms with Gasteiger partial charge in [0.05, 0.1) is 13.2 Å². The molecule has 17 heavy (non-hydrogen) atoms. The second-order valence-corrected chi connectivity index (χ2v) is 5.43. The van der Waals surface area contributed by atoms with E-state index in [4.69, 9.17) is 4.74 Å². The molecule has 4 heteroatoms. The van der Waals surface area contributed by atoms with Crippen molar-refractivity contribution in [2.45, 2.75) is 6.04 Å².